The molecule has 1 fully saturated rings. The molecule has 3 aromatic rings. The lowest BCUT2D eigenvalue weighted by Gasteiger charge is -2.11. The Kier molecular flexibility index (Phi) is 4.31. The number of aromatic nitrogens is 2. The van der Waals surface area contributed by atoms with Gasteiger partial charge in [-0.15, -0.1) is 0 Å². The van der Waals surface area contributed by atoms with Crippen LogP contribution in [0.3, 0.4) is 0 Å². The summed E-state index contributed by atoms with van der Waals surface area (Å²) in [6.45, 7) is 0. The number of halogens is 1. The van der Waals surface area contributed by atoms with E-state index in [-0.39, 0.29) is 17.6 Å². The van der Waals surface area contributed by atoms with Crippen LogP contribution in [0.4, 0.5) is 15.9 Å². The third kappa shape index (κ3) is 3.69. The topological polar surface area (TPSA) is 66.9 Å². The normalized spacial score (nSPS) is 13.3. The quantitative estimate of drug-likeness (QED) is 0.733. The summed E-state index contributed by atoms with van der Waals surface area (Å²) < 4.78 is 14.0. The summed E-state index contributed by atoms with van der Waals surface area (Å²) in [6.07, 6.45) is 1.98. The van der Waals surface area contributed by atoms with Crippen LogP contribution in [0.2, 0.25) is 0 Å². The number of carbonyl (C=O) groups is 1. The molecule has 0 unspecified atom stereocenters. The fraction of sp³-hybridized carbons (Fsp3) is 0.150. The second-order valence-corrected chi connectivity index (χ2v) is 6.18. The van der Waals surface area contributed by atoms with Crippen molar-refractivity contribution in [3.05, 3.63) is 72.2 Å². The van der Waals surface area contributed by atoms with Crippen molar-refractivity contribution in [1.82, 2.24) is 15.3 Å². The maximum absolute atomic E-state index is 14.0. The van der Waals surface area contributed by atoms with Crippen molar-refractivity contribution in [3.63, 3.8) is 0 Å². The second-order valence-electron chi connectivity index (χ2n) is 6.18. The zero-order chi connectivity index (χ0) is 17.9. The Morgan fingerprint density at radius 2 is 1.73 bits per heavy atom. The minimum absolute atomic E-state index is 0.223. The van der Waals surface area contributed by atoms with Gasteiger partial charge in [-0.1, -0.05) is 42.5 Å². The SMILES string of the molecule is O=C(NC1CC1)c1cc(Nc2ccccc2F)nc(-c2ccccc2)n1. The van der Waals surface area contributed by atoms with Crippen molar-refractivity contribution in [2.45, 2.75) is 18.9 Å². The van der Waals surface area contributed by atoms with E-state index in [9.17, 15) is 9.18 Å². The van der Waals surface area contributed by atoms with E-state index in [1.807, 2.05) is 30.3 Å². The summed E-state index contributed by atoms with van der Waals surface area (Å²) >= 11 is 0. The van der Waals surface area contributed by atoms with Gasteiger partial charge in [0, 0.05) is 17.7 Å². The number of benzene rings is 2. The van der Waals surface area contributed by atoms with Crippen LogP contribution in [0.15, 0.2) is 60.7 Å². The third-order valence-electron chi connectivity index (χ3n) is 4.04. The molecule has 5 nitrogen and oxygen atoms in total. The highest BCUT2D eigenvalue weighted by molar-refractivity contribution is 5.94. The van der Waals surface area contributed by atoms with Gasteiger partial charge >= 0.3 is 0 Å². The third-order valence-corrected chi connectivity index (χ3v) is 4.04. The average Bonchev–Trinajstić information content (AvgIpc) is 3.48. The van der Waals surface area contributed by atoms with Crippen LogP contribution in [0.5, 0.6) is 0 Å². The lowest BCUT2D eigenvalue weighted by molar-refractivity contribution is 0.0946. The van der Waals surface area contributed by atoms with Crippen LogP contribution in [0, 0.1) is 5.82 Å². The zero-order valence-corrected chi connectivity index (χ0v) is 13.9. The summed E-state index contributed by atoms with van der Waals surface area (Å²) in [5, 5.41) is 5.86. The van der Waals surface area contributed by atoms with Crippen LogP contribution >= 0.6 is 0 Å². The fourth-order valence-corrected chi connectivity index (χ4v) is 2.53. The van der Waals surface area contributed by atoms with Gasteiger partial charge in [0.15, 0.2) is 5.82 Å². The molecule has 0 spiro atoms. The molecule has 1 aliphatic rings. The monoisotopic (exact) mass is 348 g/mol. The van der Waals surface area contributed by atoms with E-state index in [0.717, 1.165) is 18.4 Å². The maximum atomic E-state index is 14.0. The van der Waals surface area contributed by atoms with Crippen LogP contribution in [-0.4, -0.2) is 21.9 Å². The molecule has 0 atom stereocenters. The summed E-state index contributed by atoms with van der Waals surface area (Å²) in [7, 11) is 0. The number of carbonyl (C=O) groups excluding carboxylic acids is 1. The Balaban J connectivity index is 1.72. The standard InChI is InChI=1S/C20H17FN4O/c21-15-8-4-5-9-16(15)23-18-12-17(20(26)22-14-10-11-14)24-19(25-18)13-6-2-1-3-7-13/h1-9,12,14H,10-11H2,(H,22,26)(H,23,24,25). The van der Waals surface area contributed by atoms with Gasteiger partial charge in [-0.25, -0.2) is 14.4 Å². The van der Waals surface area contributed by atoms with Crippen LogP contribution < -0.4 is 10.6 Å². The highest BCUT2D eigenvalue weighted by Crippen LogP contribution is 2.23. The van der Waals surface area contributed by atoms with E-state index in [0.29, 0.717) is 17.3 Å². The number of nitrogens with zero attached hydrogens (tertiary/aromatic N) is 2. The van der Waals surface area contributed by atoms with Crippen molar-refractivity contribution >= 4 is 17.4 Å². The lowest BCUT2D eigenvalue weighted by atomic mass is 10.2. The van der Waals surface area contributed by atoms with Crippen molar-refractivity contribution in [2.75, 3.05) is 5.32 Å². The molecular weight excluding hydrogens is 331 g/mol. The molecule has 1 heterocycles. The molecule has 1 aliphatic carbocycles. The predicted molar refractivity (Wildman–Crippen MR) is 97.6 cm³/mol. The van der Waals surface area contributed by atoms with Gasteiger partial charge in [0.1, 0.15) is 17.3 Å². The van der Waals surface area contributed by atoms with E-state index >= 15 is 0 Å². The number of anilines is 2. The molecular formula is C20H17FN4O. The predicted octanol–water partition coefficient (Wildman–Crippen LogP) is 3.92. The number of rotatable bonds is 5. The highest BCUT2D eigenvalue weighted by Gasteiger charge is 2.25. The van der Waals surface area contributed by atoms with Crippen LogP contribution in [-0.2, 0) is 0 Å². The minimum Gasteiger partial charge on any atom is -0.348 e. The molecule has 2 N–H and O–H groups in total. The Morgan fingerprint density at radius 3 is 2.46 bits per heavy atom. The molecule has 130 valence electrons. The number of para-hydroxylation sites is 1. The summed E-state index contributed by atoms with van der Waals surface area (Å²) in [6, 6.07) is 17.5. The first-order chi connectivity index (χ1) is 12.7. The van der Waals surface area contributed by atoms with E-state index < -0.39 is 5.82 Å². The van der Waals surface area contributed by atoms with Gasteiger partial charge in [0.05, 0.1) is 5.69 Å². The van der Waals surface area contributed by atoms with Gasteiger partial charge in [-0.2, -0.15) is 0 Å². The van der Waals surface area contributed by atoms with Crippen LogP contribution in [0.25, 0.3) is 11.4 Å². The smallest absolute Gasteiger partial charge is 0.270 e. The Hall–Kier alpha value is -3.28. The maximum Gasteiger partial charge on any atom is 0.270 e. The Labute approximate surface area is 150 Å². The molecule has 6 heteroatoms. The average molecular weight is 348 g/mol. The summed E-state index contributed by atoms with van der Waals surface area (Å²) in [4.78, 5) is 21.3. The molecule has 1 saturated carbocycles. The summed E-state index contributed by atoms with van der Waals surface area (Å²) in [5.74, 6) is 0.137. The molecule has 26 heavy (non-hydrogen) atoms. The van der Waals surface area contributed by atoms with Crippen molar-refractivity contribution in [1.29, 1.82) is 0 Å². The zero-order valence-electron chi connectivity index (χ0n) is 13.9. The number of hydrogen-bond acceptors (Lipinski definition) is 4. The molecule has 0 radical (unpaired) electrons. The number of hydrogen-bond donors (Lipinski definition) is 2. The first-order valence-electron chi connectivity index (χ1n) is 8.46. The Bertz CT molecular complexity index is 942. The molecule has 0 saturated heterocycles. The molecule has 0 bridgehead atoms. The van der Waals surface area contributed by atoms with Gasteiger partial charge in [0.25, 0.3) is 5.91 Å². The molecule has 4 rings (SSSR count). The van der Waals surface area contributed by atoms with E-state index in [1.54, 1.807) is 18.2 Å². The molecule has 0 aliphatic heterocycles. The fourth-order valence-electron chi connectivity index (χ4n) is 2.53. The Morgan fingerprint density at radius 1 is 1.00 bits per heavy atom. The largest absolute Gasteiger partial charge is 0.348 e. The van der Waals surface area contributed by atoms with E-state index in [1.165, 1.54) is 12.1 Å². The molecule has 1 aromatic heterocycles. The van der Waals surface area contributed by atoms with Gasteiger partial charge < -0.3 is 10.6 Å². The van der Waals surface area contributed by atoms with Crippen molar-refractivity contribution < 1.29 is 9.18 Å². The number of amides is 1. The second kappa shape index (κ2) is 6.92. The summed E-state index contributed by atoms with van der Waals surface area (Å²) in [5.41, 5.74) is 1.33. The van der Waals surface area contributed by atoms with Crippen LogP contribution in [0.1, 0.15) is 23.3 Å². The van der Waals surface area contributed by atoms with E-state index in [4.69, 9.17) is 0 Å². The highest BCUT2D eigenvalue weighted by atomic mass is 19.1. The van der Waals surface area contributed by atoms with Gasteiger partial charge in [-0.3, -0.25) is 4.79 Å². The van der Waals surface area contributed by atoms with Gasteiger partial charge in [0.2, 0.25) is 0 Å². The molecule has 2 aromatic carbocycles. The molecule has 1 amide bonds. The first-order valence-corrected chi connectivity index (χ1v) is 8.46. The first kappa shape index (κ1) is 16.2. The van der Waals surface area contributed by atoms with E-state index in [2.05, 4.69) is 20.6 Å². The van der Waals surface area contributed by atoms with Gasteiger partial charge in [-0.05, 0) is 25.0 Å². The number of nitrogens with one attached hydrogen (secondary N) is 2. The van der Waals surface area contributed by atoms with Crippen molar-refractivity contribution in [2.24, 2.45) is 0 Å². The minimum atomic E-state index is -0.392. The lowest BCUT2D eigenvalue weighted by Crippen LogP contribution is -2.26. The van der Waals surface area contributed by atoms with Crippen molar-refractivity contribution in [3.8, 4) is 11.4 Å².